The Morgan fingerprint density at radius 1 is 1.43 bits per heavy atom. The molecule has 0 aliphatic heterocycles. The van der Waals surface area contributed by atoms with Gasteiger partial charge in [-0.15, -0.1) is 0 Å². The highest BCUT2D eigenvalue weighted by molar-refractivity contribution is 5.77. The first-order valence-corrected chi connectivity index (χ1v) is 6.77. The predicted octanol–water partition coefficient (Wildman–Crippen LogP) is 1.21. The number of nitrogens with zero attached hydrogens (tertiary/aromatic N) is 1. The number of rotatable bonds is 9. The molecule has 0 radical (unpaired) electrons. The topological polar surface area (TPSA) is 128 Å². The Labute approximate surface area is 132 Å². The van der Waals surface area contributed by atoms with Crippen molar-refractivity contribution in [1.29, 1.82) is 0 Å². The third-order valence-corrected chi connectivity index (χ3v) is 2.89. The summed E-state index contributed by atoms with van der Waals surface area (Å²) in [6.45, 7) is 1.63. The summed E-state index contributed by atoms with van der Waals surface area (Å²) >= 11 is 0. The summed E-state index contributed by atoms with van der Waals surface area (Å²) in [5, 5.41) is 21.9. The fourth-order valence-electron chi connectivity index (χ4n) is 1.76. The number of ether oxygens (including phenoxy) is 2. The van der Waals surface area contributed by atoms with Gasteiger partial charge in [-0.1, -0.05) is 6.92 Å². The second-order valence-electron chi connectivity index (χ2n) is 4.89. The largest absolute Gasteiger partial charge is 0.490 e. The molecule has 0 heterocycles. The Hall–Kier alpha value is -2.84. The Morgan fingerprint density at radius 2 is 2.13 bits per heavy atom. The highest BCUT2D eigenvalue weighted by atomic mass is 16.6. The van der Waals surface area contributed by atoms with Gasteiger partial charge in [-0.2, -0.15) is 0 Å². The number of methoxy groups -OCH3 is 1. The van der Waals surface area contributed by atoms with Crippen molar-refractivity contribution >= 4 is 17.6 Å². The number of nitro benzene ring substituents is 1. The van der Waals surface area contributed by atoms with E-state index >= 15 is 0 Å². The van der Waals surface area contributed by atoms with Gasteiger partial charge in [-0.3, -0.25) is 19.7 Å². The van der Waals surface area contributed by atoms with Gasteiger partial charge in [0.15, 0.2) is 6.61 Å². The third kappa shape index (κ3) is 6.20. The van der Waals surface area contributed by atoms with Crippen LogP contribution in [0.15, 0.2) is 18.2 Å². The summed E-state index contributed by atoms with van der Waals surface area (Å²) in [5.41, 5.74) is -0.202. The number of aliphatic carboxylic acids is 1. The van der Waals surface area contributed by atoms with Crippen LogP contribution in [-0.4, -0.2) is 42.2 Å². The van der Waals surface area contributed by atoms with Gasteiger partial charge >= 0.3 is 11.7 Å². The van der Waals surface area contributed by atoms with Crippen molar-refractivity contribution in [2.45, 2.75) is 13.3 Å². The van der Waals surface area contributed by atoms with Gasteiger partial charge in [0.05, 0.1) is 12.0 Å². The smallest absolute Gasteiger partial charge is 0.311 e. The van der Waals surface area contributed by atoms with E-state index in [-0.39, 0.29) is 42.7 Å². The quantitative estimate of drug-likeness (QED) is 0.515. The van der Waals surface area contributed by atoms with Crippen molar-refractivity contribution in [3.63, 3.8) is 0 Å². The number of benzene rings is 1. The monoisotopic (exact) mass is 326 g/mol. The fraction of sp³-hybridized carbons (Fsp3) is 0.429. The van der Waals surface area contributed by atoms with Crippen molar-refractivity contribution in [1.82, 2.24) is 5.32 Å². The summed E-state index contributed by atoms with van der Waals surface area (Å²) in [7, 11) is 1.29. The average Bonchev–Trinajstić information content (AvgIpc) is 2.49. The van der Waals surface area contributed by atoms with E-state index < -0.39 is 16.8 Å². The van der Waals surface area contributed by atoms with Crippen LogP contribution < -0.4 is 14.8 Å². The highest BCUT2D eigenvalue weighted by Gasteiger charge is 2.16. The molecule has 9 nitrogen and oxygen atoms in total. The Morgan fingerprint density at radius 3 is 2.70 bits per heavy atom. The lowest BCUT2D eigenvalue weighted by molar-refractivity contribution is -0.385. The molecule has 1 amide bonds. The molecule has 1 atom stereocenters. The Balaban J connectivity index is 2.50. The molecule has 9 heteroatoms. The van der Waals surface area contributed by atoms with Gasteiger partial charge in [0.25, 0.3) is 5.91 Å². The minimum absolute atomic E-state index is 0.0305. The number of nitrogens with one attached hydrogen (secondary N) is 1. The third-order valence-electron chi connectivity index (χ3n) is 2.89. The number of carbonyl (C=O) groups excluding carboxylic acids is 1. The van der Waals surface area contributed by atoms with E-state index in [9.17, 15) is 19.7 Å². The minimum Gasteiger partial charge on any atom is -0.490 e. The van der Waals surface area contributed by atoms with Crippen molar-refractivity contribution in [3.8, 4) is 11.5 Å². The summed E-state index contributed by atoms with van der Waals surface area (Å²) in [6.07, 6.45) is -0.0410. The van der Waals surface area contributed by atoms with Crippen LogP contribution in [0.3, 0.4) is 0 Å². The zero-order valence-corrected chi connectivity index (χ0v) is 12.8. The van der Waals surface area contributed by atoms with Crippen LogP contribution in [0.4, 0.5) is 5.69 Å². The fourth-order valence-corrected chi connectivity index (χ4v) is 1.76. The van der Waals surface area contributed by atoms with Gasteiger partial charge < -0.3 is 19.9 Å². The van der Waals surface area contributed by atoms with Crippen molar-refractivity contribution in [2.75, 3.05) is 20.3 Å². The molecular formula is C14H18N2O7. The van der Waals surface area contributed by atoms with E-state index in [1.165, 1.54) is 25.3 Å². The maximum Gasteiger partial charge on any atom is 0.311 e. The molecule has 0 aromatic heterocycles. The first-order chi connectivity index (χ1) is 10.8. The van der Waals surface area contributed by atoms with Gasteiger partial charge in [0.2, 0.25) is 5.75 Å². The van der Waals surface area contributed by atoms with Crippen molar-refractivity contribution < 1.29 is 29.1 Å². The molecule has 1 rings (SSSR count). The van der Waals surface area contributed by atoms with Crippen LogP contribution in [0.5, 0.6) is 11.5 Å². The van der Waals surface area contributed by atoms with Gasteiger partial charge in [-0.25, -0.2) is 0 Å². The Bertz CT molecular complexity index is 588. The maximum absolute atomic E-state index is 11.6. The molecule has 1 aromatic carbocycles. The normalized spacial score (nSPS) is 11.4. The van der Waals surface area contributed by atoms with Crippen molar-refractivity contribution in [3.05, 3.63) is 28.3 Å². The molecule has 0 aliphatic rings. The van der Waals surface area contributed by atoms with Crippen LogP contribution in [-0.2, 0) is 9.59 Å². The summed E-state index contributed by atoms with van der Waals surface area (Å²) in [4.78, 5) is 32.3. The van der Waals surface area contributed by atoms with Crippen LogP contribution >= 0.6 is 0 Å². The van der Waals surface area contributed by atoms with E-state index in [1.54, 1.807) is 6.92 Å². The van der Waals surface area contributed by atoms with E-state index in [1.807, 2.05) is 0 Å². The van der Waals surface area contributed by atoms with Crippen LogP contribution in [0.25, 0.3) is 0 Å². The van der Waals surface area contributed by atoms with E-state index in [0.29, 0.717) is 0 Å². The molecule has 1 unspecified atom stereocenters. The number of carbonyl (C=O) groups is 2. The summed E-state index contributed by atoms with van der Waals surface area (Å²) in [6, 6.07) is 3.90. The van der Waals surface area contributed by atoms with Crippen LogP contribution in [0.1, 0.15) is 13.3 Å². The molecule has 0 aliphatic carbocycles. The second-order valence-corrected chi connectivity index (χ2v) is 4.89. The molecule has 2 N–H and O–H groups in total. The first kappa shape index (κ1) is 18.2. The highest BCUT2D eigenvalue weighted by Crippen LogP contribution is 2.30. The number of hydrogen-bond acceptors (Lipinski definition) is 6. The molecule has 23 heavy (non-hydrogen) atoms. The molecule has 1 aromatic rings. The molecule has 0 saturated heterocycles. The van der Waals surface area contributed by atoms with Crippen molar-refractivity contribution in [2.24, 2.45) is 5.92 Å². The molecule has 0 spiro atoms. The summed E-state index contributed by atoms with van der Waals surface area (Å²) in [5.74, 6) is -1.26. The van der Waals surface area contributed by atoms with E-state index in [2.05, 4.69) is 5.32 Å². The molecule has 126 valence electrons. The number of nitro groups is 1. The number of amides is 1. The Kier molecular flexibility index (Phi) is 6.78. The predicted molar refractivity (Wildman–Crippen MR) is 79.6 cm³/mol. The van der Waals surface area contributed by atoms with Gasteiger partial charge in [0.1, 0.15) is 5.75 Å². The average molecular weight is 326 g/mol. The zero-order chi connectivity index (χ0) is 17.4. The lowest BCUT2D eigenvalue weighted by Gasteiger charge is -2.11. The molecule has 0 bridgehead atoms. The van der Waals surface area contributed by atoms with E-state index in [0.717, 1.165) is 0 Å². The number of hydrogen-bond donors (Lipinski definition) is 2. The molecule has 0 fully saturated rings. The molecular weight excluding hydrogens is 308 g/mol. The SMILES string of the molecule is COc1cc(OCC(=O)NCC(C)CC(=O)O)ccc1[N+](=O)[O-]. The first-order valence-electron chi connectivity index (χ1n) is 6.77. The lowest BCUT2D eigenvalue weighted by Crippen LogP contribution is -2.33. The van der Waals surface area contributed by atoms with Crippen LogP contribution in [0.2, 0.25) is 0 Å². The minimum atomic E-state index is -0.930. The summed E-state index contributed by atoms with van der Waals surface area (Å²) < 4.78 is 10.1. The second kappa shape index (κ2) is 8.57. The number of carboxylic acid groups (broad SMARTS) is 1. The maximum atomic E-state index is 11.6. The lowest BCUT2D eigenvalue weighted by atomic mass is 10.1. The number of carboxylic acids is 1. The molecule has 0 saturated carbocycles. The van der Waals surface area contributed by atoms with Crippen LogP contribution in [0, 0.1) is 16.0 Å². The standard InChI is InChI=1S/C14H18N2O7/c1-9(5-14(18)19)7-15-13(17)8-23-10-3-4-11(16(20)21)12(6-10)22-2/h3-4,6,9H,5,7-8H2,1-2H3,(H,15,17)(H,18,19). The van der Waals surface area contributed by atoms with Gasteiger partial charge in [-0.05, 0) is 12.0 Å². The zero-order valence-electron chi connectivity index (χ0n) is 12.8. The van der Waals surface area contributed by atoms with Gasteiger partial charge in [0, 0.05) is 25.1 Å². The van der Waals surface area contributed by atoms with E-state index in [4.69, 9.17) is 14.6 Å².